The molecule has 0 spiro atoms. The summed E-state index contributed by atoms with van der Waals surface area (Å²) in [6.07, 6.45) is 1.11. The van der Waals surface area contributed by atoms with Crippen molar-refractivity contribution in [1.29, 1.82) is 0 Å². The molecular formula is C12H16BrNO4S. The normalized spacial score (nSPS) is 13.0. The topological polar surface area (TPSA) is 72.5 Å². The smallest absolute Gasteiger partial charge is 0.251 e. The average molecular weight is 350 g/mol. The van der Waals surface area contributed by atoms with Gasteiger partial charge >= 0.3 is 0 Å². The summed E-state index contributed by atoms with van der Waals surface area (Å²) in [5.41, 5.74) is 0.319. The quantitative estimate of drug-likeness (QED) is 0.784. The standard InChI is InChI=1S/C12H16BrNO4S/c1-18-8-10(13)7-14-12(15)9-4-3-5-11(6-9)19(2,16)17/h3-6,10H,7-8H2,1-2H3,(H,14,15). The zero-order chi connectivity index (χ0) is 14.5. The first-order chi connectivity index (χ1) is 8.84. The Morgan fingerprint density at radius 2 is 2.16 bits per heavy atom. The van der Waals surface area contributed by atoms with Gasteiger partial charge in [-0.05, 0) is 18.2 Å². The molecule has 0 saturated heterocycles. The molecule has 0 radical (unpaired) electrons. The number of methoxy groups -OCH3 is 1. The summed E-state index contributed by atoms with van der Waals surface area (Å²) in [7, 11) is -1.73. The molecule has 1 amide bonds. The number of halogens is 1. The van der Waals surface area contributed by atoms with Crippen LogP contribution < -0.4 is 5.32 Å². The van der Waals surface area contributed by atoms with Crippen molar-refractivity contribution in [2.24, 2.45) is 0 Å². The maximum atomic E-state index is 11.9. The molecule has 0 bridgehead atoms. The molecular weight excluding hydrogens is 334 g/mol. The van der Waals surface area contributed by atoms with E-state index in [0.717, 1.165) is 6.26 Å². The Kier molecular flexibility index (Phi) is 5.96. The van der Waals surface area contributed by atoms with Gasteiger partial charge in [0.1, 0.15) is 0 Å². The van der Waals surface area contributed by atoms with Gasteiger partial charge in [0.25, 0.3) is 5.91 Å². The minimum atomic E-state index is -3.31. The van der Waals surface area contributed by atoms with Gasteiger partial charge in [0, 0.05) is 25.5 Å². The number of alkyl halides is 1. The first-order valence-electron chi connectivity index (χ1n) is 5.56. The number of carbonyl (C=O) groups is 1. The molecule has 0 saturated carbocycles. The number of ether oxygens (including phenoxy) is 1. The molecule has 0 aliphatic heterocycles. The van der Waals surface area contributed by atoms with Crippen molar-refractivity contribution in [3.63, 3.8) is 0 Å². The lowest BCUT2D eigenvalue weighted by atomic mass is 10.2. The van der Waals surface area contributed by atoms with Gasteiger partial charge in [0.15, 0.2) is 9.84 Å². The summed E-state index contributed by atoms with van der Waals surface area (Å²) >= 11 is 3.35. The average Bonchev–Trinajstić information content (AvgIpc) is 2.35. The van der Waals surface area contributed by atoms with Crippen molar-refractivity contribution in [3.8, 4) is 0 Å². The lowest BCUT2D eigenvalue weighted by molar-refractivity contribution is 0.0950. The molecule has 0 heterocycles. The minimum absolute atomic E-state index is 0.0135. The minimum Gasteiger partial charge on any atom is -0.383 e. The summed E-state index contributed by atoms with van der Waals surface area (Å²) in [5.74, 6) is -0.314. The van der Waals surface area contributed by atoms with Crippen molar-refractivity contribution in [2.45, 2.75) is 9.72 Å². The van der Waals surface area contributed by atoms with E-state index in [1.54, 1.807) is 19.2 Å². The predicted octanol–water partition coefficient (Wildman–Crippen LogP) is 1.23. The highest BCUT2D eigenvalue weighted by Crippen LogP contribution is 2.11. The molecule has 19 heavy (non-hydrogen) atoms. The first kappa shape index (κ1) is 16.1. The molecule has 1 aromatic carbocycles. The molecule has 1 aromatic rings. The summed E-state index contributed by atoms with van der Waals surface area (Å²) in [6, 6.07) is 5.95. The third-order valence-electron chi connectivity index (χ3n) is 2.36. The molecule has 1 rings (SSSR count). The number of hydrogen-bond donors (Lipinski definition) is 1. The molecule has 0 aliphatic carbocycles. The van der Waals surface area contributed by atoms with Crippen LogP contribution in [0.3, 0.4) is 0 Å². The van der Waals surface area contributed by atoms with Gasteiger partial charge in [-0.2, -0.15) is 0 Å². The van der Waals surface area contributed by atoms with Gasteiger partial charge in [-0.1, -0.05) is 22.0 Å². The second-order valence-corrected chi connectivity index (χ2v) is 7.37. The fourth-order valence-electron chi connectivity index (χ4n) is 1.41. The van der Waals surface area contributed by atoms with Crippen LogP contribution in [-0.4, -0.2) is 45.7 Å². The molecule has 0 aromatic heterocycles. The number of rotatable bonds is 6. The largest absolute Gasteiger partial charge is 0.383 e. The van der Waals surface area contributed by atoms with E-state index < -0.39 is 9.84 Å². The van der Waals surface area contributed by atoms with Crippen LogP contribution in [0.2, 0.25) is 0 Å². The number of carbonyl (C=O) groups excluding carboxylic acids is 1. The van der Waals surface area contributed by atoms with Crippen LogP contribution in [0.5, 0.6) is 0 Å². The fraction of sp³-hybridized carbons (Fsp3) is 0.417. The van der Waals surface area contributed by atoms with E-state index in [1.807, 2.05) is 0 Å². The van der Waals surface area contributed by atoms with Crippen molar-refractivity contribution in [2.75, 3.05) is 26.5 Å². The van der Waals surface area contributed by atoms with Crippen LogP contribution >= 0.6 is 15.9 Å². The van der Waals surface area contributed by atoms with Gasteiger partial charge in [-0.15, -0.1) is 0 Å². The number of amides is 1. The summed E-state index contributed by atoms with van der Waals surface area (Å²) < 4.78 is 27.7. The van der Waals surface area contributed by atoms with E-state index >= 15 is 0 Å². The molecule has 0 aliphatic rings. The van der Waals surface area contributed by atoms with Gasteiger partial charge in [-0.3, -0.25) is 4.79 Å². The van der Waals surface area contributed by atoms with E-state index in [-0.39, 0.29) is 15.6 Å². The second kappa shape index (κ2) is 7.02. The third kappa shape index (κ3) is 5.30. The zero-order valence-electron chi connectivity index (χ0n) is 10.7. The van der Waals surface area contributed by atoms with Crippen molar-refractivity contribution >= 4 is 31.7 Å². The van der Waals surface area contributed by atoms with E-state index in [4.69, 9.17) is 4.74 Å². The lowest BCUT2D eigenvalue weighted by Gasteiger charge is -2.10. The van der Waals surface area contributed by atoms with Crippen LogP contribution in [0.4, 0.5) is 0 Å². The highest BCUT2D eigenvalue weighted by molar-refractivity contribution is 9.09. The molecule has 5 nitrogen and oxygen atoms in total. The van der Waals surface area contributed by atoms with Crippen molar-refractivity contribution in [3.05, 3.63) is 29.8 Å². The highest BCUT2D eigenvalue weighted by atomic mass is 79.9. The van der Waals surface area contributed by atoms with Crippen molar-refractivity contribution in [1.82, 2.24) is 5.32 Å². The van der Waals surface area contributed by atoms with Gasteiger partial charge in [0.05, 0.1) is 16.3 Å². The zero-order valence-corrected chi connectivity index (χ0v) is 13.1. The van der Waals surface area contributed by atoms with Crippen LogP contribution in [0.1, 0.15) is 10.4 Å². The predicted molar refractivity (Wildman–Crippen MR) is 76.5 cm³/mol. The van der Waals surface area contributed by atoms with Gasteiger partial charge < -0.3 is 10.1 Å². The molecule has 1 N–H and O–H groups in total. The number of nitrogens with one attached hydrogen (secondary N) is 1. The molecule has 1 atom stereocenters. The SMILES string of the molecule is COCC(Br)CNC(=O)c1cccc(S(C)(=O)=O)c1. The van der Waals surface area contributed by atoms with Crippen LogP contribution in [0.25, 0.3) is 0 Å². The summed E-state index contributed by atoms with van der Waals surface area (Å²) in [4.78, 5) is 12.0. The second-order valence-electron chi connectivity index (χ2n) is 4.06. The maximum Gasteiger partial charge on any atom is 0.251 e. The van der Waals surface area contributed by atoms with Crippen molar-refractivity contribution < 1.29 is 17.9 Å². The summed E-state index contributed by atoms with van der Waals surface area (Å²) in [5, 5.41) is 2.70. The first-order valence-corrected chi connectivity index (χ1v) is 8.36. The number of sulfone groups is 1. The Balaban J connectivity index is 2.73. The third-order valence-corrected chi connectivity index (χ3v) is 4.05. The van der Waals surface area contributed by atoms with Crippen LogP contribution in [0, 0.1) is 0 Å². The van der Waals surface area contributed by atoms with Gasteiger partial charge in [0.2, 0.25) is 0 Å². The Labute approximate surface area is 121 Å². The van der Waals surface area contributed by atoms with Gasteiger partial charge in [-0.25, -0.2) is 8.42 Å². The number of benzene rings is 1. The molecule has 0 fully saturated rings. The Morgan fingerprint density at radius 3 is 2.74 bits per heavy atom. The highest BCUT2D eigenvalue weighted by Gasteiger charge is 2.12. The molecule has 1 unspecified atom stereocenters. The Morgan fingerprint density at radius 1 is 1.47 bits per heavy atom. The lowest BCUT2D eigenvalue weighted by Crippen LogP contribution is -2.31. The summed E-state index contributed by atoms with van der Waals surface area (Å²) in [6.45, 7) is 0.874. The maximum absolute atomic E-state index is 11.9. The Bertz CT molecular complexity index is 544. The fourth-order valence-corrected chi connectivity index (χ4v) is 2.51. The van der Waals surface area contributed by atoms with E-state index in [9.17, 15) is 13.2 Å². The van der Waals surface area contributed by atoms with Crippen LogP contribution in [-0.2, 0) is 14.6 Å². The van der Waals surface area contributed by atoms with E-state index in [0.29, 0.717) is 18.7 Å². The van der Waals surface area contributed by atoms with Crippen LogP contribution in [0.15, 0.2) is 29.2 Å². The molecule has 7 heteroatoms. The Hall–Kier alpha value is -0.920. The van der Waals surface area contributed by atoms with E-state index in [2.05, 4.69) is 21.2 Å². The number of hydrogen-bond acceptors (Lipinski definition) is 4. The van der Waals surface area contributed by atoms with E-state index in [1.165, 1.54) is 12.1 Å². The monoisotopic (exact) mass is 349 g/mol. The molecule has 106 valence electrons.